The van der Waals surface area contributed by atoms with Crippen molar-refractivity contribution in [1.82, 2.24) is 4.90 Å². The smallest absolute Gasteiger partial charge is 0.258 e. The first-order valence-corrected chi connectivity index (χ1v) is 7.89. The van der Waals surface area contributed by atoms with Crippen LogP contribution in [0, 0.1) is 0 Å². The van der Waals surface area contributed by atoms with Gasteiger partial charge in [0.1, 0.15) is 11.5 Å². The minimum atomic E-state index is -0.0677. The summed E-state index contributed by atoms with van der Waals surface area (Å²) in [6, 6.07) is 10.6. The first-order valence-electron chi connectivity index (χ1n) is 7.89. The van der Waals surface area contributed by atoms with E-state index >= 15 is 0 Å². The topological polar surface area (TPSA) is 46.6 Å². The molecule has 0 aromatic heterocycles. The van der Waals surface area contributed by atoms with E-state index in [0.29, 0.717) is 28.3 Å². The molecule has 0 saturated carbocycles. The Balaban J connectivity index is 1.95. The zero-order chi connectivity index (χ0) is 18.3. The average molecular weight is 333 g/mol. The van der Waals surface area contributed by atoms with Crippen LogP contribution in [-0.2, 0) is 0 Å². The summed E-state index contributed by atoms with van der Waals surface area (Å²) in [5.74, 6) is 1.12. The monoisotopic (exact) mass is 333 g/mol. The molecule has 2 aromatic rings. The van der Waals surface area contributed by atoms with Gasteiger partial charge in [0, 0.05) is 29.4 Å². The van der Waals surface area contributed by atoms with E-state index < -0.39 is 0 Å². The highest BCUT2D eigenvalue weighted by Gasteiger charge is 2.28. The molecule has 126 valence electrons. The van der Waals surface area contributed by atoms with E-state index in [9.17, 15) is 9.59 Å². The first-order chi connectivity index (χ1) is 11.8. The number of amides is 1. The molecule has 1 aliphatic heterocycles. The molecule has 0 atom stereocenters. The fourth-order valence-electron chi connectivity index (χ4n) is 2.88. The van der Waals surface area contributed by atoms with E-state index in [1.807, 2.05) is 6.92 Å². The van der Waals surface area contributed by atoms with Crippen LogP contribution in [0.15, 0.2) is 49.6 Å². The van der Waals surface area contributed by atoms with Crippen LogP contribution in [0.2, 0.25) is 0 Å². The number of ether oxygens (including phenoxy) is 1. The molecule has 2 aromatic carbocycles. The number of carbonyl (C=O) groups is 2. The number of hydrogen-bond donors (Lipinski definition) is 0. The van der Waals surface area contributed by atoms with E-state index in [1.54, 1.807) is 43.4 Å². The molecule has 0 spiro atoms. The molecule has 0 N–H and O–H groups in total. The quantitative estimate of drug-likeness (QED) is 0.757. The van der Waals surface area contributed by atoms with Gasteiger partial charge in [-0.05, 0) is 55.8 Å². The van der Waals surface area contributed by atoms with E-state index in [2.05, 4.69) is 13.2 Å². The van der Waals surface area contributed by atoms with Gasteiger partial charge in [0.2, 0.25) is 0 Å². The summed E-state index contributed by atoms with van der Waals surface area (Å²) in [7, 11) is 1.70. The number of Topliss-reactive ketones (excluding diaryl/α,β-unsaturated/α-hetero) is 1. The van der Waals surface area contributed by atoms with Crippen LogP contribution in [0.25, 0.3) is 11.3 Å². The van der Waals surface area contributed by atoms with Gasteiger partial charge in [-0.3, -0.25) is 9.59 Å². The Morgan fingerprint density at radius 2 is 1.64 bits per heavy atom. The van der Waals surface area contributed by atoms with Crippen molar-refractivity contribution in [3.05, 3.63) is 71.8 Å². The highest BCUT2D eigenvalue weighted by atomic mass is 16.5. The predicted octanol–water partition coefficient (Wildman–Crippen LogP) is 4.77. The van der Waals surface area contributed by atoms with Crippen molar-refractivity contribution in [1.29, 1.82) is 0 Å². The SMILES string of the molecule is C=C(C)c1cc(Oc2ccc3c(c2)C(=C)N(C)C3=O)ccc1C(C)=O. The molecular formula is C21H19NO3. The first kappa shape index (κ1) is 16.7. The zero-order valence-electron chi connectivity index (χ0n) is 14.6. The lowest BCUT2D eigenvalue weighted by atomic mass is 9.99. The van der Waals surface area contributed by atoms with Crippen molar-refractivity contribution in [2.24, 2.45) is 0 Å². The van der Waals surface area contributed by atoms with Crippen molar-refractivity contribution >= 4 is 23.0 Å². The Morgan fingerprint density at radius 1 is 1.00 bits per heavy atom. The maximum atomic E-state index is 12.1. The second-order valence-corrected chi connectivity index (χ2v) is 6.16. The maximum absolute atomic E-state index is 12.1. The van der Waals surface area contributed by atoms with E-state index in [1.165, 1.54) is 11.8 Å². The molecule has 0 radical (unpaired) electrons. The lowest BCUT2D eigenvalue weighted by molar-refractivity contribution is 0.0874. The number of nitrogens with zero attached hydrogens (tertiary/aromatic N) is 1. The molecule has 4 nitrogen and oxygen atoms in total. The fourth-order valence-corrected chi connectivity index (χ4v) is 2.88. The molecule has 1 heterocycles. The van der Waals surface area contributed by atoms with Crippen LogP contribution in [0.4, 0.5) is 0 Å². The van der Waals surface area contributed by atoms with Gasteiger partial charge < -0.3 is 9.64 Å². The summed E-state index contributed by atoms with van der Waals surface area (Å²) in [6.07, 6.45) is 0. The normalized spacial score (nSPS) is 13.0. The van der Waals surface area contributed by atoms with Gasteiger partial charge in [0.25, 0.3) is 5.91 Å². The minimum Gasteiger partial charge on any atom is -0.457 e. The molecule has 0 bridgehead atoms. The lowest BCUT2D eigenvalue weighted by Crippen LogP contribution is -2.16. The number of hydrogen-bond acceptors (Lipinski definition) is 3. The van der Waals surface area contributed by atoms with Gasteiger partial charge in [-0.2, -0.15) is 0 Å². The highest BCUT2D eigenvalue weighted by Crippen LogP contribution is 2.35. The number of carbonyl (C=O) groups excluding carboxylic acids is 2. The van der Waals surface area contributed by atoms with Crippen LogP contribution < -0.4 is 4.74 Å². The third kappa shape index (κ3) is 2.87. The van der Waals surface area contributed by atoms with Gasteiger partial charge in [-0.25, -0.2) is 0 Å². The molecule has 0 saturated heterocycles. The van der Waals surface area contributed by atoms with Gasteiger partial charge in [-0.15, -0.1) is 0 Å². The summed E-state index contributed by atoms with van der Waals surface area (Å²) in [5, 5.41) is 0. The third-order valence-electron chi connectivity index (χ3n) is 4.31. The van der Waals surface area contributed by atoms with Crippen LogP contribution >= 0.6 is 0 Å². The molecule has 0 fully saturated rings. The largest absolute Gasteiger partial charge is 0.457 e. The van der Waals surface area contributed by atoms with Crippen molar-refractivity contribution in [3.8, 4) is 11.5 Å². The maximum Gasteiger partial charge on any atom is 0.258 e. The number of fused-ring (bicyclic) bond motifs is 1. The van der Waals surface area contributed by atoms with E-state index in [-0.39, 0.29) is 11.7 Å². The van der Waals surface area contributed by atoms with Crippen LogP contribution in [0.3, 0.4) is 0 Å². The van der Waals surface area contributed by atoms with Gasteiger partial charge in [0.15, 0.2) is 5.78 Å². The minimum absolute atomic E-state index is 0.0140. The Kier molecular flexibility index (Phi) is 4.05. The molecule has 4 heteroatoms. The summed E-state index contributed by atoms with van der Waals surface area (Å²) in [5.41, 5.74) is 4.23. The molecule has 0 aliphatic carbocycles. The Hall–Kier alpha value is -3.14. The van der Waals surface area contributed by atoms with Crippen LogP contribution in [-0.4, -0.2) is 23.6 Å². The molecule has 3 rings (SSSR count). The second-order valence-electron chi connectivity index (χ2n) is 6.16. The number of allylic oxidation sites excluding steroid dienone is 1. The van der Waals surface area contributed by atoms with Crippen molar-refractivity contribution in [2.75, 3.05) is 7.05 Å². The standard InChI is InChI=1S/C21H19NO3/c1-12(2)19-10-15(6-8-17(19)14(4)23)25-16-7-9-18-20(11-16)13(3)22(5)21(18)24/h6-11H,1,3H2,2,4-5H3. The van der Waals surface area contributed by atoms with Crippen molar-refractivity contribution < 1.29 is 14.3 Å². The van der Waals surface area contributed by atoms with Gasteiger partial charge >= 0.3 is 0 Å². The summed E-state index contributed by atoms with van der Waals surface area (Å²) >= 11 is 0. The highest BCUT2D eigenvalue weighted by molar-refractivity contribution is 6.08. The molecular weight excluding hydrogens is 314 g/mol. The lowest BCUT2D eigenvalue weighted by Gasteiger charge is -2.12. The Morgan fingerprint density at radius 3 is 2.28 bits per heavy atom. The van der Waals surface area contributed by atoms with Crippen LogP contribution in [0.1, 0.15) is 45.7 Å². The Labute approximate surface area is 147 Å². The molecule has 25 heavy (non-hydrogen) atoms. The van der Waals surface area contributed by atoms with Crippen LogP contribution in [0.5, 0.6) is 11.5 Å². The van der Waals surface area contributed by atoms with Gasteiger partial charge in [-0.1, -0.05) is 18.7 Å². The van der Waals surface area contributed by atoms with E-state index in [0.717, 1.165) is 16.7 Å². The summed E-state index contributed by atoms with van der Waals surface area (Å²) in [6.45, 7) is 11.3. The third-order valence-corrected chi connectivity index (χ3v) is 4.31. The second kappa shape index (κ2) is 6.06. The number of ketones is 1. The number of rotatable bonds is 4. The zero-order valence-corrected chi connectivity index (χ0v) is 14.6. The Bertz CT molecular complexity index is 940. The molecule has 0 unspecified atom stereocenters. The van der Waals surface area contributed by atoms with Crippen molar-refractivity contribution in [3.63, 3.8) is 0 Å². The van der Waals surface area contributed by atoms with Gasteiger partial charge in [0.05, 0.1) is 0 Å². The predicted molar refractivity (Wildman–Crippen MR) is 98.8 cm³/mol. The molecule has 1 aliphatic rings. The summed E-state index contributed by atoms with van der Waals surface area (Å²) in [4.78, 5) is 25.3. The van der Waals surface area contributed by atoms with E-state index in [4.69, 9.17) is 4.74 Å². The van der Waals surface area contributed by atoms with Crippen molar-refractivity contribution in [2.45, 2.75) is 13.8 Å². The number of benzene rings is 2. The molecule has 1 amide bonds. The average Bonchev–Trinajstić information content (AvgIpc) is 2.79. The summed E-state index contributed by atoms with van der Waals surface area (Å²) < 4.78 is 5.92. The fraction of sp³-hybridized carbons (Fsp3) is 0.143.